The average Bonchev–Trinajstić information content (AvgIpc) is 2.76. The molecule has 76 valence electrons. The van der Waals surface area contributed by atoms with E-state index in [9.17, 15) is 4.79 Å². The van der Waals surface area contributed by atoms with Crippen LogP contribution in [0.2, 0.25) is 0 Å². The van der Waals surface area contributed by atoms with E-state index in [1.54, 1.807) is 6.20 Å². The number of ether oxygens (including phenoxy) is 1. The van der Waals surface area contributed by atoms with Crippen molar-refractivity contribution in [2.24, 2.45) is 0 Å². The highest BCUT2D eigenvalue weighted by atomic mass is 16.6. The minimum Gasteiger partial charge on any atom is -0.442 e. The third-order valence-corrected chi connectivity index (χ3v) is 2.27. The number of hydrogen-bond donors (Lipinski definition) is 1. The quantitative estimate of drug-likeness (QED) is 0.766. The first-order valence-corrected chi connectivity index (χ1v) is 4.74. The predicted octanol–water partition coefficient (Wildman–Crippen LogP) is 0.554. The highest BCUT2D eigenvalue weighted by Crippen LogP contribution is 2.06. The molecule has 0 aromatic carbocycles. The lowest BCUT2D eigenvalue weighted by molar-refractivity contribution is 0.130. The van der Waals surface area contributed by atoms with Gasteiger partial charge in [0.15, 0.2) is 0 Å². The smallest absolute Gasteiger partial charge is 0.407 e. The molecule has 0 radical (unpaired) electrons. The van der Waals surface area contributed by atoms with Crippen molar-refractivity contribution >= 4 is 6.09 Å². The van der Waals surface area contributed by atoms with Gasteiger partial charge >= 0.3 is 6.09 Å². The molecule has 1 amide bonds. The van der Waals surface area contributed by atoms with Crippen LogP contribution in [0.25, 0.3) is 0 Å². The van der Waals surface area contributed by atoms with Gasteiger partial charge in [-0.2, -0.15) is 0 Å². The van der Waals surface area contributed by atoms with E-state index in [1.165, 1.54) is 0 Å². The molecular weight excluding hydrogens is 182 g/mol. The number of hydrogen-bond acceptors (Lipinski definition) is 3. The summed E-state index contributed by atoms with van der Waals surface area (Å²) in [4.78, 5) is 15.0. The molecule has 5 heteroatoms. The second kappa shape index (κ2) is 3.69. The Kier molecular flexibility index (Phi) is 2.39. The average molecular weight is 195 g/mol. The number of aromatic nitrogens is 2. The molecule has 14 heavy (non-hydrogen) atoms. The van der Waals surface area contributed by atoms with E-state index in [0.717, 1.165) is 12.2 Å². The highest BCUT2D eigenvalue weighted by Gasteiger charge is 2.23. The van der Waals surface area contributed by atoms with Crippen molar-refractivity contribution in [1.82, 2.24) is 14.9 Å². The molecule has 0 bridgehead atoms. The third kappa shape index (κ3) is 1.71. The molecule has 1 atom stereocenters. The lowest BCUT2D eigenvalue weighted by Crippen LogP contribution is -2.21. The molecule has 1 aliphatic rings. The fraction of sp³-hybridized carbons (Fsp3) is 0.556. The Bertz CT molecular complexity index is 335. The number of cyclic esters (lactones) is 1. The van der Waals surface area contributed by atoms with Gasteiger partial charge in [-0.05, 0) is 0 Å². The molecule has 1 aromatic rings. The van der Waals surface area contributed by atoms with Gasteiger partial charge in [0.1, 0.15) is 11.9 Å². The second-order valence-electron chi connectivity index (χ2n) is 3.26. The number of nitrogens with one attached hydrogen (secondary N) is 1. The van der Waals surface area contributed by atoms with Gasteiger partial charge in [-0.1, -0.05) is 6.92 Å². The molecule has 1 N–H and O–H groups in total. The summed E-state index contributed by atoms with van der Waals surface area (Å²) < 4.78 is 7.05. The lowest BCUT2D eigenvalue weighted by Gasteiger charge is -2.10. The van der Waals surface area contributed by atoms with Crippen molar-refractivity contribution in [2.45, 2.75) is 26.0 Å². The van der Waals surface area contributed by atoms with Gasteiger partial charge in [0, 0.05) is 18.8 Å². The lowest BCUT2D eigenvalue weighted by atomic mass is 10.3. The number of aryl methyl sites for hydroxylation is 1. The molecule has 1 aromatic heterocycles. The Balaban J connectivity index is 2.00. The summed E-state index contributed by atoms with van der Waals surface area (Å²) >= 11 is 0. The van der Waals surface area contributed by atoms with Crippen LogP contribution in [-0.2, 0) is 17.7 Å². The summed E-state index contributed by atoms with van der Waals surface area (Å²) in [6, 6.07) is 0. The molecule has 1 saturated heterocycles. The molecule has 2 rings (SSSR count). The Morgan fingerprint density at radius 2 is 2.64 bits per heavy atom. The number of carbonyl (C=O) groups is 1. The minimum atomic E-state index is -0.326. The standard InChI is InChI=1S/C9H13N3O2/c1-2-8-10-3-4-12(8)6-7-5-11-9(13)14-7/h3-4,7H,2,5-6H2,1H3,(H,11,13). The number of alkyl carbamates (subject to hydrolysis) is 1. The van der Waals surface area contributed by atoms with E-state index in [-0.39, 0.29) is 12.2 Å². The summed E-state index contributed by atoms with van der Waals surface area (Å²) in [6.07, 6.45) is 4.17. The number of carbonyl (C=O) groups excluding carboxylic acids is 1. The number of nitrogens with zero attached hydrogens (tertiary/aromatic N) is 2. The van der Waals surface area contributed by atoms with Crippen molar-refractivity contribution in [1.29, 1.82) is 0 Å². The van der Waals surface area contributed by atoms with E-state index in [4.69, 9.17) is 4.74 Å². The van der Waals surface area contributed by atoms with Crippen LogP contribution in [-0.4, -0.2) is 28.3 Å². The van der Waals surface area contributed by atoms with Gasteiger partial charge in [0.25, 0.3) is 0 Å². The maximum atomic E-state index is 10.8. The van der Waals surface area contributed by atoms with Crippen LogP contribution < -0.4 is 5.32 Å². The molecule has 0 spiro atoms. The highest BCUT2D eigenvalue weighted by molar-refractivity contribution is 5.69. The summed E-state index contributed by atoms with van der Waals surface area (Å²) in [7, 11) is 0. The molecular formula is C9H13N3O2. The Labute approximate surface area is 82.1 Å². The molecule has 0 saturated carbocycles. The fourth-order valence-electron chi connectivity index (χ4n) is 1.57. The molecule has 2 heterocycles. The predicted molar refractivity (Wildman–Crippen MR) is 49.9 cm³/mol. The second-order valence-corrected chi connectivity index (χ2v) is 3.26. The topological polar surface area (TPSA) is 56.2 Å². The summed E-state index contributed by atoms with van der Waals surface area (Å²) in [6.45, 7) is 3.32. The van der Waals surface area contributed by atoms with Crippen LogP contribution >= 0.6 is 0 Å². The SMILES string of the molecule is CCc1nccn1CC1CNC(=O)O1. The van der Waals surface area contributed by atoms with Gasteiger partial charge in [0.05, 0.1) is 13.1 Å². The van der Waals surface area contributed by atoms with E-state index in [1.807, 2.05) is 10.8 Å². The van der Waals surface area contributed by atoms with Crippen LogP contribution in [0.15, 0.2) is 12.4 Å². The molecule has 1 fully saturated rings. The maximum Gasteiger partial charge on any atom is 0.407 e. The van der Waals surface area contributed by atoms with E-state index >= 15 is 0 Å². The van der Waals surface area contributed by atoms with Gasteiger partial charge in [-0.15, -0.1) is 0 Å². The molecule has 1 aliphatic heterocycles. The van der Waals surface area contributed by atoms with Gasteiger partial charge in [0.2, 0.25) is 0 Å². The monoisotopic (exact) mass is 195 g/mol. The van der Waals surface area contributed by atoms with Crippen LogP contribution in [0, 0.1) is 0 Å². The first kappa shape index (κ1) is 9.05. The number of imidazole rings is 1. The van der Waals surface area contributed by atoms with E-state index in [0.29, 0.717) is 13.1 Å². The van der Waals surface area contributed by atoms with Crippen LogP contribution in [0.1, 0.15) is 12.7 Å². The van der Waals surface area contributed by atoms with E-state index < -0.39 is 0 Å². The summed E-state index contributed by atoms with van der Waals surface area (Å²) in [5.41, 5.74) is 0. The molecule has 0 aliphatic carbocycles. The normalized spacial score (nSPS) is 20.6. The Morgan fingerprint density at radius 3 is 3.29 bits per heavy atom. The van der Waals surface area contributed by atoms with Gasteiger partial charge in [-0.3, -0.25) is 0 Å². The maximum absolute atomic E-state index is 10.8. The summed E-state index contributed by atoms with van der Waals surface area (Å²) in [5, 5.41) is 2.62. The van der Waals surface area contributed by atoms with Crippen LogP contribution in [0.3, 0.4) is 0 Å². The van der Waals surface area contributed by atoms with Crippen molar-refractivity contribution in [3.8, 4) is 0 Å². The fourth-order valence-corrected chi connectivity index (χ4v) is 1.57. The Hall–Kier alpha value is -1.52. The minimum absolute atomic E-state index is 0.0676. The van der Waals surface area contributed by atoms with Gasteiger partial charge < -0.3 is 14.6 Å². The molecule has 5 nitrogen and oxygen atoms in total. The van der Waals surface area contributed by atoms with Crippen LogP contribution in [0.4, 0.5) is 4.79 Å². The van der Waals surface area contributed by atoms with Crippen molar-refractivity contribution in [3.63, 3.8) is 0 Å². The van der Waals surface area contributed by atoms with Crippen molar-refractivity contribution < 1.29 is 9.53 Å². The zero-order valence-electron chi connectivity index (χ0n) is 8.06. The van der Waals surface area contributed by atoms with Crippen molar-refractivity contribution in [3.05, 3.63) is 18.2 Å². The van der Waals surface area contributed by atoms with Gasteiger partial charge in [-0.25, -0.2) is 9.78 Å². The Morgan fingerprint density at radius 1 is 1.79 bits per heavy atom. The summed E-state index contributed by atoms with van der Waals surface area (Å²) in [5.74, 6) is 1.02. The van der Waals surface area contributed by atoms with Crippen molar-refractivity contribution in [2.75, 3.05) is 6.54 Å². The number of rotatable bonds is 3. The number of amides is 1. The zero-order chi connectivity index (χ0) is 9.97. The molecule has 1 unspecified atom stereocenters. The third-order valence-electron chi connectivity index (χ3n) is 2.27. The van der Waals surface area contributed by atoms with E-state index in [2.05, 4.69) is 17.2 Å². The first-order valence-electron chi connectivity index (χ1n) is 4.74. The zero-order valence-corrected chi connectivity index (χ0v) is 8.06. The van der Waals surface area contributed by atoms with Crippen LogP contribution in [0.5, 0.6) is 0 Å². The first-order chi connectivity index (χ1) is 6.79. The largest absolute Gasteiger partial charge is 0.442 e.